The Bertz CT molecular complexity index is 3120. The average Bonchev–Trinajstić information content (AvgIpc) is 3.73. The molecule has 0 aliphatic carbocycles. The Labute approximate surface area is 284 Å². The van der Waals surface area contributed by atoms with E-state index in [0.29, 0.717) is 0 Å². The van der Waals surface area contributed by atoms with Crippen LogP contribution in [0, 0.1) is 0 Å². The predicted molar refractivity (Wildman–Crippen MR) is 213 cm³/mol. The highest BCUT2D eigenvalue weighted by Crippen LogP contribution is 2.45. The molecule has 0 amide bonds. The largest absolute Gasteiger partial charge is 0.135 e. The minimum Gasteiger partial charge on any atom is -0.135 e. The van der Waals surface area contributed by atoms with Gasteiger partial charge in [-0.05, 0) is 83.5 Å². The van der Waals surface area contributed by atoms with Crippen molar-refractivity contribution in [2.75, 3.05) is 0 Å². The average molecular weight is 643 g/mol. The third-order valence-electron chi connectivity index (χ3n) is 10.3. The van der Waals surface area contributed by atoms with E-state index in [-0.39, 0.29) is 0 Å². The molecule has 11 aromatic rings. The van der Waals surface area contributed by atoms with Crippen LogP contribution in [0.4, 0.5) is 0 Å². The fraction of sp³-hybridized carbons (Fsp3) is 0. The first-order valence-corrected chi connectivity index (χ1v) is 18.1. The van der Waals surface area contributed by atoms with Crippen LogP contribution >= 0.6 is 22.7 Å². The minimum absolute atomic E-state index is 1.27. The van der Waals surface area contributed by atoms with Crippen molar-refractivity contribution < 1.29 is 0 Å². The summed E-state index contributed by atoms with van der Waals surface area (Å²) in [6.07, 6.45) is 0. The van der Waals surface area contributed by atoms with Gasteiger partial charge in [-0.1, -0.05) is 140 Å². The van der Waals surface area contributed by atoms with Gasteiger partial charge in [0, 0.05) is 40.3 Å². The summed E-state index contributed by atoms with van der Waals surface area (Å²) >= 11 is 3.82. The Morgan fingerprint density at radius 1 is 0.271 bits per heavy atom. The number of fused-ring (bicyclic) bond motifs is 13. The van der Waals surface area contributed by atoms with Crippen LogP contribution in [0.2, 0.25) is 0 Å². The molecule has 2 aromatic heterocycles. The van der Waals surface area contributed by atoms with Gasteiger partial charge in [0.05, 0.1) is 0 Å². The first kappa shape index (κ1) is 26.5. The van der Waals surface area contributed by atoms with Crippen LogP contribution in [-0.2, 0) is 0 Å². The van der Waals surface area contributed by atoms with Gasteiger partial charge in [0.1, 0.15) is 0 Å². The highest BCUT2D eigenvalue weighted by molar-refractivity contribution is 7.27. The Morgan fingerprint density at radius 3 is 1.44 bits per heavy atom. The van der Waals surface area contributed by atoms with Gasteiger partial charge in [-0.3, -0.25) is 0 Å². The number of rotatable bonds is 2. The molecular formula is C46H26S2. The molecule has 0 aliphatic heterocycles. The lowest BCUT2D eigenvalue weighted by Crippen LogP contribution is -1.85. The third kappa shape index (κ3) is 3.76. The van der Waals surface area contributed by atoms with Crippen molar-refractivity contribution in [2.24, 2.45) is 0 Å². The SMILES string of the molecule is c1ccc2c(c1)ccc1c3cccc(-c4ccc5ccc6c7cc(-c8cccc9c8sc8ccccc89)ccc7ccc6c5c4)c3sc21. The normalized spacial score (nSPS) is 12.2. The quantitative estimate of drug-likeness (QED) is 0.165. The van der Waals surface area contributed by atoms with Gasteiger partial charge in [0.2, 0.25) is 0 Å². The summed E-state index contributed by atoms with van der Waals surface area (Å²) in [5, 5.41) is 15.7. The smallest absolute Gasteiger partial charge is 0.0434 e. The molecule has 48 heavy (non-hydrogen) atoms. The molecule has 0 aliphatic rings. The van der Waals surface area contributed by atoms with Crippen LogP contribution in [0.1, 0.15) is 0 Å². The summed E-state index contributed by atoms with van der Waals surface area (Å²) in [7, 11) is 0. The van der Waals surface area contributed by atoms with Crippen molar-refractivity contribution in [1.82, 2.24) is 0 Å². The molecule has 0 nitrogen and oxygen atoms in total. The van der Waals surface area contributed by atoms with E-state index in [1.54, 1.807) is 0 Å². The Balaban J connectivity index is 1.12. The maximum Gasteiger partial charge on any atom is 0.0434 e. The van der Waals surface area contributed by atoms with Crippen LogP contribution in [0.3, 0.4) is 0 Å². The van der Waals surface area contributed by atoms with Gasteiger partial charge in [-0.25, -0.2) is 0 Å². The van der Waals surface area contributed by atoms with E-state index in [0.717, 1.165) is 0 Å². The van der Waals surface area contributed by atoms with Crippen molar-refractivity contribution in [3.05, 3.63) is 158 Å². The monoisotopic (exact) mass is 642 g/mol. The molecule has 0 N–H and O–H groups in total. The highest BCUT2D eigenvalue weighted by atomic mass is 32.1. The van der Waals surface area contributed by atoms with Gasteiger partial charge >= 0.3 is 0 Å². The molecule has 0 saturated heterocycles. The Kier molecular flexibility index (Phi) is 5.51. The third-order valence-corrected chi connectivity index (χ3v) is 12.8. The van der Waals surface area contributed by atoms with E-state index in [9.17, 15) is 0 Å². The first-order valence-electron chi connectivity index (χ1n) is 16.4. The lowest BCUT2D eigenvalue weighted by Gasteiger charge is -2.12. The maximum absolute atomic E-state index is 2.42. The van der Waals surface area contributed by atoms with E-state index < -0.39 is 0 Å². The van der Waals surface area contributed by atoms with Crippen molar-refractivity contribution in [3.8, 4) is 22.3 Å². The molecule has 222 valence electrons. The molecule has 0 bridgehead atoms. The standard InChI is InChI=1S/C46H26S2/c1-2-8-32-27(7-1)21-24-40-39-13-6-11-34(46(39)48-45(32)40)31-18-16-29-20-22-35-36(42(29)26-31)23-19-28-15-17-30(25-41(28)35)33-10-5-12-38-37-9-3-4-14-43(37)47-44(33)38/h1-26H. The summed E-state index contributed by atoms with van der Waals surface area (Å²) < 4.78 is 5.43. The molecule has 0 saturated carbocycles. The van der Waals surface area contributed by atoms with Crippen molar-refractivity contribution in [1.29, 1.82) is 0 Å². The lowest BCUT2D eigenvalue weighted by atomic mass is 9.92. The fourth-order valence-electron chi connectivity index (χ4n) is 7.93. The van der Waals surface area contributed by atoms with Crippen LogP contribution in [0.5, 0.6) is 0 Å². The van der Waals surface area contributed by atoms with Gasteiger partial charge in [0.15, 0.2) is 0 Å². The molecule has 0 unspecified atom stereocenters. The summed E-state index contributed by atoms with van der Waals surface area (Å²) in [6.45, 7) is 0. The van der Waals surface area contributed by atoms with Gasteiger partial charge in [-0.15, -0.1) is 22.7 Å². The zero-order valence-electron chi connectivity index (χ0n) is 25.8. The zero-order chi connectivity index (χ0) is 31.3. The Morgan fingerprint density at radius 2 is 0.750 bits per heavy atom. The summed E-state index contributed by atoms with van der Waals surface area (Å²) in [6, 6.07) is 58.9. The van der Waals surface area contributed by atoms with Gasteiger partial charge in [-0.2, -0.15) is 0 Å². The molecule has 0 fully saturated rings. The predicted octanol–water partition coefficient (Wildman–Crippen LogP) is 14.4. The van der Waals surface area contributed by atoms with Crippen molar-refractivity contribution >= 4 is 106 Å². The second kappa shape index (κ2) is 9.98. The summed E-state index contributed by atoms with van der Waals surface area (Å²) in [5.74, 6) is 0. The molecule has 9 aromatic carbocycles. The highest BCUT2D eigenvalue weighted by Gasteiger charge is 2.15. The van der Waals surface area contributed by atoms with E-state index >= 15 is 0 Å². The molecule has 2 heteroatoms. The zero-order valence-corrected chi connectivity index (χ0v) is 27.5. The van der Waals surface area contributed by atoms with E-state index in [2.05, 4.69) is 158 Å². The van der Waals surface area contributed by atoms with E-state index in [1.807, 2.05) is 22.7 Å². The molecule has 2 heterocycles. The first-order chi connectivity index (χ1) is 23.8. The number of thiophene rings is 2. The fourth-order valence-corrected chi connectivity index (χ4v) is 10.5. The second-order valence-electron chi connectivity index (χ2n) is 12.8. The van der Waals surface area contributed by atoms with Crippen LogP contribution in [0.15, 0.2) is 158 Å². The lowest BCUT2D eigenvalue weighted by molar-refractivity contribution is 1.71. The van der Waals surface area contributed by atoms with Crippen LogP contribution in [0.25, 0.3) is 106 Å². The van der Waals surface area contributed by atoms with Gasteiger partial charge < -0.3 is 0 Å². The minimum atomic E-state index is 1.27. The molecular weight excluding hydrogens is 617 g/mol. The Hall–Kier alpha value is -5.54. The number of hydrogen-bond donors (Lipinski definition) is 0. The number of benzene rings is 9. The van der Waals surface area contributed by atoms with Crippen LogP contribution < -0.4 is 0 Å². The van der Waals surface area contributed by atoms with E-state index in [4.69, 9.17) is 0 Å². The molecule has 11 rings (SSSR count). The van der Waals surface area contributed by atoms with Crippen LogP contribution in [-0.4, -0.2) is 0 Å². The van der Waals surface area contributed by atoms with Crippen molar-refractivity contribution in [3.63, 3.8) is 0 Å². The maximum atomic E-state index is 2.42. The molecule has 0 radical (unpaired) electrons. The summed E-state index contributed by atoms with van der Waals surface area (Å²) in [5.41, 5.74) is 5.14. The van der Waals surface area contributed by atoms with Crippen molar-refractivity contribution in [2.45, 2.75) is 0 Å². The number of hydrogen-bond acceptors (Lipinski definition) is 2. The van der Waals surface area contributed by atoms with Gasteiger partial charge in [0.25, 0.3) is 0 Å². The molecule has 0 atom stereocenters. The summed E-state index contributed by atoms with van der Waals surface area (Å²) in [4.78, 5) is 0. The topological polar surface area (TPSA) is 0 Å². The second-order valence-corrected chi connectivity index (χ2v) is 14.9. The van der Waals surface area contributed by atoms with E-state index in [1.165, 1.54) is 106 Å². The molecule has 0 spiro atoms.